The first-order chi connectivity index (χ1) is 14.2. The molecule has 0 N–H and O–H groups in total. The normalized spacial score (nSPS) is 20.9. The van der Waals surface area contributed by atoms with Crippen LogP contribution in [0, 0.1) is 35.5 Å². The highest BCUT2D eigenvalue weighted by Gasteiger charge is 2.36. The summed E-state index contributed by atoms with van der Waals surface area (Å²) in [5.41, 5.74) is 0. The zero-order valence-electron chi connectivity index (χ0n) is 20.3. The molecule has 4 unspecified atom stereocenters. The highest BCUT2D eigenvalue weighted by atomic mass is 16.5. The van der Waals surface area contributed by atoms with E-state index in [9.17, 15) is 9.59 Å². The van der Waals surface area contributed by atoms with Gasteiger partial charge in [-0.15, -0.1) is 0 Å². The molecule has 0 aliphatic heterocycles. The molecule has 0 radical (unpaired) electrons. The molecular weight excluding hydrogens is 376 g/mol. The Bertz CT molecular complexity index is 477. The van der Waals surface area contributed by atoms with E-state index in [1.165, 1.54) is 12.8 Å². The van der Waals surface area contributed by atoms with E-state index in [1.807, 2.05) is 12.2 Å². The van der Waals surface area contributed by atoms with Gasteiger partial charge >= 0.3 is 11.9 Å². The molecule has 0 saturated heterocycles. The van der Waals surface area contributed by atoms with Gasteiger partial charge in [-0.25, -0.2) is 0 Å². The van der Waals surface area contributed by atoms with Gasteiger partial charge in [-0.05, 0) is 49.4 Å². The highest BCUT2D eigenvalue weighted by molar-refractivity contribution is 5.82. The average molecular weight is 423 g/mol. The van der Waals surface area contributed by atoms with Crippen molar-refractivity contribution in [3.05, 3.63) is 12.2 Å². The first kappa shape index (κ1) is 26.7. The minimum absolute atomic E-state index is 0.248. The largest absolute Gasteiger partial charge is 0.465 e. The summed E-state index contributed by atoms with van der Waals surface area (Å²) < 4.78 is 11.2. The molecule has 30 heavy (non-hydrogen) atoms. The van der Waals surface area contributed by atoms with Crippen LogP contribution in [-0.2, 0) is 19.1 Å². The number of carbonyl (C=O) groups is 2. The van der Waals surface area contributed by atoms with Gasteiger partial charge in [0.2, 0.25) is 0 Å². The van der Waals surface area contributed by atoms with Crippen molar-refractivity contribution in [1.29, 1.82) is 0 Å². The fraction of sp³-hybridized carbons (Fsp3) is 0.846. The Labute approximate surface area is 185 Å². The summed E-state index contributed by atoms with van der Waals surface area (Å²) in [6.07, 6.45) is 11.9. The molecule has 0 aromatic carbocycles. The van der Waals surface area contributed by atoms with Crippen LogP contribution in [0.1, 0.15) is 92.9 Å². The number of hydrogen-bond donors (Lipinski definition) is 0. The molecule has 0 fully saturated rings. The van der Waals surface area contributed by atoms with Crippen LogP contribution in [-0.4, -0.2) is 25.2 Å². The average Bonchev–Trinajstić information content (AvgIpc) is 2.69. The van der Waals surface area contributed by atoms with Crippen molar-refractivity contribution in [3.63, 3.8) is 0 Å². The summed E-state index contributed by atoms with van der Waals surface area (Å²) in [4.78, 5) is 25.4. The van der Waals surface area contributed by atoms with Crippen molar-refractivity contribution in [2.75, 3.05) is 13.2 Å². The van der Waals surface area contributed by atoms with E-state index in [4.69, 9.17) is 9.47 Å². The highest BCUT2D eigenvalue weighted by Crippen LogP contribution is 2.29. The second-order valence-corrected chi connectivity index (χ2v) is 10.3. The lowest BCUT2D eigenvalue weighted by molar-refractivity contribution is -0.162. The van der Waals surface area contributed by atoms with Crippen LogP contribution >= 0.6 is 0 Å². The molecule has 1 aliphatic rings. The molecule has 0 saturated carbocycles. The van der Waals surface area contributed by atoms with Crippen LogP contribution in [0.3, 0.4) is 0 Å². The lowest BCUT2D eigenvalue weighted by Gasteiger charge is -2.26. The molecular formula is C26H46O4. The molecule has 4 atom stereocenters. The molecule has 1 aliphatic carbocycles. The molecule has 0 bridgehead atoms. The van der Waals surface area contributed by atoms with Crippen LogP contribution < -0.4 is 0 Å². The number of esters is 2. The monoisotopic (exact) mass is 422 g/mol. The Morgan fingerprint density at radius 1 is 0.700 bits per heavy atom. The Balaban J connectivity index is 2.42. The number of carbonyl (C=O) groups excluding carboxylic acids is 2. The topological polar surface area (TPSA) is 52.6 Å². The van der Waals surface area contributed by atoms with E-state index in [2.05, 4.69) is 41.5 Å². The summed E-state index contributed by atoms with van der Waals surface area (Å²) >= 11 is 0. The molecule has 0 heterocycles. The Morgan fingerprint density at radius 2 is 1.07 bits per heavy atom. The third-order valence-electron chi connectivity index (χ3n) is 6.01. The van der Waals surface area contributed by atoms with Gasteiger partial charge < -0.3 is 9.47 Å². The first-order valence-corrected chi connectivity index (χ1v) is 12.2. The van der Waals surface area contributed by atoms with Crippen LogP contribution in [0.5, 0.6) is 0 Å². The number of allylic oxidation sites excluding steroid dienone is 2. The van der Waals surface area contributed by atoms with Crippen molar-refractivity contribution < 1.29 is 19.1 Å². The third-order valence-corrected chi connectivity index (χ3v) is 6.01. The standard InChI is InChI=1S/C26H46O4/c1-19(2)11-9-13-21(5)17-29-25(27)23-15-7-8-16-24(23)26(28)30-18-22(6)14-10-12-20(3)4/h7-8,19-24H,9-18H2,1-6H3. The molecule has 1 rings (SSSR count). The Kier molecular flexibility index (Phi) is 13.0. The van der Waals surface area contributed by atoms with Gasteiger partial charge in [0.05, 0.1) is 25.0 Å². The van der Waals surface area contributed by atoms with Gasteiger partial charge in [0, 0.05) is 0 Å². The second-order valence-electron chi connectivity index (χ2n) is 10.3. The molecule has 0 aromatic rings. The van der Waals surface area contributed by atoms with E-state index in [1.54, 1.807) is 0 Å². The van der Waals surface area contributed by atoms with E-state index in [0.717, 1.165) is 25.7 Å². The zero-order valence-corrected chi connectivity index (χ0v) is 20.3. The summed E-state index contributed by atoms with van der Waals surface area (Å²) in [6, 6.07) is 0. The van der Waals surface area contributed by atoms with Crippen molar-refractivity contribution in [2.24, 2.45) is 35.5 Å². The van der Waals surface area contributed by atoms with Gasteiger partial charge in [-0.1, -0.05) is 79.4 Å². The predicted molar refractivity (Wildman–Crippen MR) is 123 cm³/mol. The quantitative estimate of drug-likeness (QED) is 0.234. The summed E-state index contributed by atoms with van der Waals surface area (Å²) in [5, 5.41) is 0. The van der Waals surface area contributed by atoms with Crippen molar-refractivity contribution in [2.45, 2.75) is 92.9 Å². The minimum atomic E-state index is -0.415. The SMILES string of the molecule is CC(C)CCCC(C)COC(=O)C1CC=CCC1C(=O)OCC(C)CCCC(C)C. The van der Waals surface area contributed by atoms with Gasteiger partial charge in [-0.3, -0.25) is 9.59 Å². The van der Waals surface area contributed by atoms with Crippen LogP contribution in [0.25, 0.3) is 0 Å². The Morgan fingerprint density at radius 3 is 1.40 bits per heavy atom. The lowest BCUT2D eigenvalue weighted by Crippen LogP contribution is -2.34. The lowest BCUT2D eigenvalue weighted by atomic mass is 9.83. The Hall–Kier alpha value is -1.32. The van der Waals surface area contributed by atoms with E-state index < -0.39 is 11.8 Å². The summed E-state index contributed by atoms with van der Waals surface area (Å²) in [5.74, 6) is 0.789. The van der Waals surface area contributed by atoms with Gasteiger partial charge in [0.1, 0.15) is 0 Å². The van der Waals surface area contributed by atoms with E-state index in [0.29, 0.717) is 49.7 Å². The second kappa shape index (κ2) is 14.6. The van der Waals surface area contributed by atoms with Crippen LogP contribution in [0.15, 0.2) is 12.2 Å². The number of hydrogen-bond acceptors (Lipinski definition) is 4. The smallest absolute Gasteiger partial charge is 0.310 e. The molecule has 4 nitrogen and oxygen atoms in total. The molecule has 174 valence electrons. The van der Waals surface area contributed by atoms with Gasteiger partial charge in [0.15, 0.2) is 0 Å². The first-order valence-electron chi connectivity index (χ1n) is 12.2. The number of rotatable bonds is 14. The van der Waals surface area contributed by atoms with Gasteiger partial charge in [0.25, 0.3) is 0 Å². The minimum Gasteiger partial charge on any atom is -0.465 e. The van der Waals surface area contributed by atoms with Crippen LogP contribution in [0.2, 0.25) is 0 Å². The van der Waals surface area contributed by atoms with Crippen molar-refractivity contribution >= 4 is 11.9 Å². The van der Waals surface area contributed by atoms with Gasteiger partial charge in [-0.2, -0.15) is 0 Å². The van der Waals surface area contributed by atoms with Crippen LogP contribution in [0.4, 0.5) is 0 Å². The summed E-state index contributed by atoms with van der Waals surface area (Å²) in [7, 11) is 0. The van der Waals surface area contributed by atoms with Crippen molar-refractivity contribution in [1.82, 2.24) is 0 Å². The maximum absolute atomic E-state index is 12.7. The molecule has 0 aromatic heterocycles. The zero-order chi connectivity index (χ0) is 22.5. The number of ether oxygens (including phenoxy) is 2. The fourth-order valence-electron chi connectivity index (χ4n) is 3.91. The van der Waals surface area contributed by atoms with E-state index >= 15 is 0 Å². The van der Waals surface area contributed by atoms with Crippen molar-refractivity contribution in [3.8, 4) is 0 Å². The predicted octanol–water partition coefficient (Wildman–Crippen LogP) is 6.58. The third kappa shape index (κ3) is 11.2. The van der Waals surface area contributed by atoms with E-state index in [-0.39, 0.29) is 11.9 Å². The molecule has 0 spiro atoms. The summed E-state index contributed by atoms with van der Waals surface area (Å²) in [6.45, 7) is 14.0. The maximum atomic E-state index is 12.7. The fourth-order valence-corrected chi connectivity index (χ4v) is 3.91. The molecule has 0 amide bonds. The molecule has 4 heteroatoms. The maximum Gasteiger partial charge on any atom is 0.310 e.